The maximum Gasteiger partial charge on any atom is 0.263 e. The van der Waals surface area contributed by atoms with Crippen LogP contribution in [0.2, 0.25) is 0 Å². The zero-order valence-electron chi connectivity index (χ0n) is 21.5. The first kappa shape index (κ1) is 24.1. The van der Waals surface area contributed by atoms with Crippen molar-refractivity contribution in [3.8, 4) is 22.7 Å². The first-order chi connectivity index (χ1) is 18.1. The van der Waals surface area contributed by atoms with Gasteiger partial charge in [-0.25, -0.2) is 4.98 Å². The third-order valence-corrected chi connectivity index (χ3v) is 9.13. The van der Waals surface area contributed by atoms with Gasteiger partial charge in [-0.1, -0.05) is 79.6 Å². The van der Waals surface area contributed by atoms with Crippen molar-refractivity contribution in [2.45, 2.75) is 61.8 Å². The number of methoxy groups -OCH3 is 1. The Morgan fingerprint density at radius 2 is 1.68 bits per heavy atom. The van der Waals surface area contributed by atoms with E-state index in [2.05, 4.69) is 55.5 Å². The summed E-state index contributed by atoms with van der Waals surface area (Å²) < 4.78 is 7.25. The number of hydrogen-bond acceptors (Lipinski definition) is 4. The molecular formula is C32H32N2O2S. The van der Waals surface area contributed by atoms with Crippen molar-refractivity contribution in [1.29, 1.82) is 0 Å². The van der Waals surface area contributed by atoms with Gasteiger partial charge in [-0.3, -0.25) is 9.36 Å². The van der Waals surface area contributed by atoms with Gasteiger partial charge in [0.2, 0.25) is 0 Å². The second kappa shape index (κ2) is 9.86. The third kappa shape index (κ3) is 4.29. The summed E-state index contributed by atoms with van der Waals surface area (Å²) in [6.07, 6.45) is 6.57. The van der Waals surface area contributed by atoms with Gasteiger partial charge in [0.25, 0.3) is 5.56 Å². The first-order valence-electron chi connectivity index (χ1n) is 13.2. The lowest BCUT2D eigenvalue weighted by atomic mass is 9.62. The highest BCUT2D eigenvalue weighted by atomic mass is 32.2. The number of aryl methyl sites for hydroxylation is 1. The third-order valence-electron chi connectivity index (χ3n) is 8.14. The van der Waals surface area contributed by atoms with Crippen LogP contribution in [0.1, 0.15) is 54.4 Å². The van der Waals surface area contributed by atoms with Crippen LogP contribution in [-0.4, -0.2) is 16.7 Å². The van der Waals surface area contributed by atoms with Crippen LogP contribution < -0.4 is 10.3 Å². The Kier molecular flexibility index (Phi) is 6.41. The van der Waals surface area contributed by atoms with E-state index in [1.165, 1.54) is 23.1 Å². The molecule has 37 heavy (non-hydrogen) atoms. The van der Waals surface area contributed by atoms with Gasteiger partial charge in [-0.15, -0.1) is 0 Å². The largest absolute Gasteiger partial charge is 0.497 e. The van der Waals surface area contributed by atoms with Gasteiger partial charge >= 0.3 is 0 Å². The SMILES string of the molecule is COc1ccc(-n2c(SCc3ccccc3C)nc3c(c2=O)C2(CCCCC2)Cc2ccccc2-3)cc1. The summed E-state index contributed by atoms with van der Waals surface area (Å²) in [4.78, 5) is 20.0. The average molecular weight is 509 g/mol. The molecule has 4 nitrogen and oxygen atoms in total. The van der Waals surface area contributed by atoms with Gasteiger partial charge in [0.15, 0.2) is 5.16 Å². The molecule has 0 radical (unpaired) electrons. The minimum Gasteiger partial charge on any atom is -0.497 e. The minimum absolute atomic E-state index is 0.0823. The maximum atomic E-state index is 14.6. The summed E-state index contributed by atoms with van der Waals surface area (Å²) in [6.45, 7) is 2.13. The number of hydrogen-bond donors (Lipinski definition) is 0. The molecule has 188 valence electrons. The molecule has 4 aromatic rings. The monoisotopic (exact) mass is 508 g/mol. The van der Waals surface area contributed by atoms with Gasteiger partial charge in [0.1, 0.15) is 5.75 Å². The van der Waals surface area contributed by atoms with Crippen LogP contribution >= 0.6 is 11.8 Å². The van der Waals surface area contributed by atoms with E-state index >= 15 is 0 Å². The maximum absolute atomic E-state index is 14.6. The van der Waals surface area contributed by atoms with E-state index in [1.54, 1.807) is 18.9 Å². The van der Waals surface area contributed by atoms with Crippen molar-refractivity contribution in [3.63, 3.8) is 0 Å². The fourth-order valence-electron chi connectivity index (χ4n) is 6.16. The molecule has 3 aromatic carbocycles. The number of nitrogens with zero attached hydrogens (tertiary/aromatic N) is 2. The van der Waals surface area contributed by atoms with E-state index in [9.17, 15) is 4.79 Å². The van der Waals surface area contributed by atoms with Crippen LogP contribution in [0.4, 0.5) is 0 Å². The van der Waals surface area contributed by atoms with E-state index in [0.717, 1.165) is 71.3 Å². The standard InChI is InChI=1S/C32H32N2O2S/c1-22-10-4-5-12-24(22)21-37-31-33-29-27-13-7-6-11-23(27)20-32(18-8-3-9-19-32)28(29)30(35)34(31)25-14-16-26(36-2)17-15-25/h4-7,10-17H,3,8-9,18-21H2,1-2H3. The number of rotatable bonds is 5. The van der Waals surface area contributed by atoms with Crippen molar-refractivity contribution in [2.75, 3.05) is 7.11 Å². The molecule has 0 saturated heterocycles. The van der Waals surface area contributed by atoms with Crippen molar-refractivity contribution >= 4 is 11.8 Å². The lowest BCUT2D eigenvalue weighted by Crippen LogP contribution is -2.42. The van der Waals surface area contributed by atoms with Gasteiger partial charge in [0, 0.05) is 16.7 Å². The number of thioether (sulfide) groups is 1. The molecule has 0 bridgehead atoms. The number of aromatic nitrogens is 2. The summed E-state index contributed by atoms with van der Waals surface area (Å²) >= 11 is 1.64. The first-order valence-corrected chi connectivity index (χ1v) is 14.2. The lowest BCUT2D eigenvalue weighted by molar-refractivity contribution is 0.283. The van der Waals surface area contributed by atoms with Crippen LogP contribution in [-0.2, 0) is 17.6 Å². The van der Waals surface area contributed by atoms with E-state index in [-0.39, 0.29) is 11.0 Å². The fourth-order valence-corrected chi connectivity index (χ4v) is 7.24. The van der Waals surface area contributed by atoms with Crippen LogP contribution in [0.5, 0.6) is 5.75 Å². The Balaban J connectivity index is 1.57. The molecule has 0 atom stereocenters. The Labute approximate surface area is 222 Å². The lowest BCUT2D eigenvalue weighted by Gasteiger charge is -2.42. The van der Waals surface area contributed by atoms with Gasteiger partial charge in [-0.2, -0.15) is 0 Å². The summed E-state index contributed by atoms with van der Waals surface area (Å²) in [7, 11) is 1.66. The Hall–Kier alpha value is -3.31. The zero-order chi connectivity index (χ0) is 25.4. The Morgan fingerprint density at radius 1 is 0.946 bits per heavy atom. The van der Waals surface area contributed by atoms with E-state index < -0.39 is 0 Å². The van der Waals surface area contributed by atoms with Gasteiger partial charge < -0.3 is 4.74 Å². The average Bonchev–Trinajstić information content (AvgIpc) is 2.93. The van der Waals surface area contributed by atoms with Crippen molar-refractivity contribution in [3.05, 3.63) is 105 Å². The topological polar surface area (TPSA) is 44.1 Å². The molecule has 0 amide bonds. The highest BCUT2D eigenvalue weighted by molar-refractivity contribution is 7.98. The molecule has 0 unspecified atom stereocenters. The fraction of sp³-hybridized carbons (Fsp3) is 0.312. The summed E-state index contributed by atoms with van der Waals surface area (Å²) in [6, 6.07) is 24.8. The molecule has 2 aliphatic carbocycles. The smallest absolute Gasteiger partial charge is 0.263 e. The minimum atomic E-state index is -0.139. The summed E-state index contributed by atoms with van der Waals surface area (Å²) in [5.41, 5.74) is 7.53. The Morgan fingerprint density at radius 3 is 2.43 bits per heavy atom. The van der Waals surface area contributed by atoms with Gasteiger partial charge in [0.05, 0.1) is 24.1 Å². The van der Waals surface area contributed by atoms with Crippen molar-refractivity contribution in [2.24, 2.45) is 0 Å². The Bertz CT molecular complexity index is 1500. The molecule has 5 heteroatoms. The predicted octanol–water partition coefficient (Wildman–Crippen LogP) is 7.27. The summed E-state index contributed by atoms with van der Waals surface area (Å²) in [5.74, 6) is 1.52. The normalized spacial score (nSPS) is 15.7. The molecule has 1 fully saturated rings. The molecule has 0 aliphatic heterocycles. The van der Waals surface area contributed by atoms with E-state index in [1.807, 2.05) is 28.8 Å². The van der Waals surface area contributed by atoms with Crippen LogP contribution in [0.25, 0.3) is 16.9 Å². The highest BCUT2D eigenvalue weighted by Gasteiger charge is 2.43. The second-order valence-electron chi connectivity index (χ2n) is 10.3. The summed E-state index contributed by atoms with van der Waals surface area (Å²) in [5, 5.41) is 0.736. The molecule has 6 rings (SSSR count). The zero-order valence-corrected chi connectivity index (χ0v) is 22.3. The van der Waals surface area contributed by atoms with E-state index in [4.69, 9.17) is 9.72 Å². The molecule has 1 spiro atoms. The highest BCUT2D eigenvalue weighted by Crippen LogP contribution is 2.49. The number of ether oxygens (including phenoxy) is 1. The molecular weight excluding hydrogens is 476 g/mol. The van der Waals surface area contributed by atoms with Crippen molar-refractivity contribution < 1.29 is 4.74 Å². The van der Waals surface area contributed by atoms with Crippen LogP contribution in [0.15, 0.2) is 82.7 Å². The molecule has 1 heterocycles. The predicted molar refractivity (Wildman–Crippen MR) is 151 cm³/mol. The second-order valence-corrected chi connectivity index (χ2v) is 11.3. The number of fused-ring (bicyclic) bond motifs is 4. The number of benzene rings is 3. The molecule has 1 aromatic heterocycles. The van der Waals surface area contributed by atoms with Gasteiger partial charge in [-0.05, 0) is 67.1 Å². The molecule has 2 aliphatic rings. The van der Waals surface area contributed by atoms with Crippen LogP contribution in [0.3, 0.4) is 0 Å². The quantitative estimate of drug-likeness (QED) is 0.210. The van der Waals surface area contributed by atoms with Crippen LogP contribution in [0, 0.1) is 6.92 Å². The van der Waals surface area contributed by atoms with E-state index in [0.29, 0.717) is 0 Å². The van der Waals surface area contributed by atoms with Crippen molar-refractivity contribution in [1.82, 2.24) is 9.55 Å². The molecule has 0 N–H and O–H groups in total. The molecule has 1 saturated carbocycles.